The first-order chi connectivity index (χ1) is 12.3. The van der Waals surface area contributed by atoms with Gasteiger partial charge in [0.15, 0.2) is 6.10 Å². The minimum Gasteiger partial charge on any atom is -0.453 e. The number of thiophene rings is 1. The van der Waals surface area contributed by atoms with E-state index in [0.29, 0.717) is 6.42 Å². The number of benzene rings is 1. The van der Waals surface area contributed by atoms with Gasteiger partial charge in [0.2, 0.25) is 10.0 Å². The molecule has 1 aromatic carbocycles. The van der Waals surface area contributed by atoms with E-state index in [0.717, 1.165) is 6.42 Å². The summed E-state index contributed by atoms with van der Waals surface area (Å²) in [5.41, 5.74) is 0.252. The average Bonchev–Trinajstić information content (AvgIpc) is 3.07. The summed E-state index contributed by atoms with van der Waals surface area (Å²) in [5.74, 6) is -1.01. The Morgan fingerprint density at radius 2 is 2.04 bits per heavy atom. The average molecular weight is 396 g/mol. The zero-order valence-electron chi connectivity index (χ0n) is 14.2. The Kier molecular flexibility index (Phi) is 6.90. The Morgan fingerprint density at radius 1 is 1.27 bits per heavy atom. The second-order valence-electron chi connectivity index (χ2n) is 5.63. The zero-order valence-corrected chi connectivity index (χ0v) is 15.8. The Balaban J connectivity index is 1.82. The molecule has 1 atom stereocenters. The Bertz CT molecular complexity index is 863. The van der Waals surface area contributed by atoms with Crippen molar-refractivity contribution in [2.24, 2.45) is 5.14 Å². The van der Waals surface area contributed by atoms with Crippen LogP contribution in [0, 0.1) is 0 Å². The quantitative estimate of drug-likeness (QED) is 0.664. The number of nitrogens with two attached hydrogens (primary N) is 1. The van der Waals surface area contributed by atoms with Crippen LogP contribution < -0.4 is 10.5 Å². The van der Waals surface area contributed by atoms with Crippen LogP contribution in [0.3, 0.4) is 0 Å². The van der Waals surface area contributed by atoms with E-state index in [9.17, 15) is 18.0 Å². The third-order valence-corrected chi connectivity index (χ3v) is 5.34. The van der Waals surface area contributed by atoms with E-state index in [-0.39, 0.29) is 17.0 Å². The molecule has 1 heterocycles. The number of hydrogen-bond donors (Lipinski definition) is 2. The van der Waals surface area contributed by atoms with Crippen molar-refractivity contribution >= 4 is 38.9 Å². The maximum absolute atomic E-state index is 12.1. The van der Waals surface area contributed by atoms with Crippen LogP contribution in [0.5, 0.6) is 0 Å². The summed E-state index contributed by atoms with van der Waals surface area (Å²) in [7, 11) is -3.87. The lowest BCUT2D eigenvalue weighted by Gasteiger charge is -2.14. The molecular weight excluding hydrogens is 376 g/mol. The molecule has 26 heavy (non-hydrogen) atoms. The lowest BCUT2D eigenvalue weighted by molar-refractivity contribution is -0.153. The number of amides is 1. The summed E-state index contributed by atoms with van der Waals surface area (Å²) >= 11 is 1.63. The number of hydrogen-bond acceptors (Lipinski definition) is 6. The molecule has 9 heteroatoms. The first-order valence-corrected chi connectivity index (χ1v) is 10.3. The van der Waals surface area contributed by atoms with E-state index in [4.69, 9.17) is 9.88 Å². The molecule has 0 spiro atoms. The van der Waals surface area contributed by atoms with Crippen molar-refractivity contribution in [2.75, 3.05) is 5.32 Å². The first-order valence-electron chi connectivity index (χ1n) is 7.91. The number of esters is 1. The number of carbonyl (C=O) groups is 2. The maximum Gasteiger partial charge on any atom is 0.306 e. The summed E-state index contributed by atoms with van der Waals surface area (Å²) in [5, 5.41) is 9.54. The largest absolute Gasteiger partial charge is 0.453 e. The van der Waals surface area contributed by atoms with Crippen LogP contribution in [0.2, 0.25) is 0 Å². The van der Waals surface area contributed by atoms with Crippen molar-refractivity contribution < 1.29 is 22.7 Å². The molecule has 0 aliphatic heterocycles. The van der Waals surface area contributed by atoms with Crippen LogP contribution in [-0.2, 0) is 30.8 Å². The smallest absolute Gasteiger partial charge is 0.306 e. The van der Waals surface area contributed by atoms with Gasteiger partial charge < -0.3 is 10.1 Å². The van der Waals surface area contributed by atoms with Gasteiger partial charge in [0.25, 0.3) is 5.91 Å². The van der Waals surface area contributed by atoms with Crippen molar-refractivity contribution in [1.29, 1.82) is 0 Å². The fraction of sp³-hybridized carbons (Fsp3) is 0.294. The van der Waals surface area contributed by atoms with Gasteiger partial charge in [0.05, 0.1) is 4.90 Å². The third-order valence-electron chi connectivity index (χ3n) is 3.49. The number of carbonyl (C=O) groups excluding carboxylic acids is 2. The van der Waals surface area contributed by atoms with Crippen molar-refractivity contribution in [3.8, 4) is 0 Å². The molecule has 0 saturated heterocycles. The summed E-state index contributed by atoms with van der Waals surface area (Å²) in [4.78, 5) is 25.0. The molecule has 140 valence electrons. The molecule has 0 fully saturated rings. The monoisotopic (exact) mass is 396 g/mol. The van der Waals surface area contributed by atoms with Gasteiger partial charge in [-0.15, -0.1) is 11.3 Å². The topological polar surface area (TPSA) is 116 Å². The van der Waals surface area contributed by atoms with Gasteiger partial charge in [0.1, 0.15) is 0 Å². The van der Waals surface area contributed by atoms with E-state index in [1.54, 1.807) is 11.3 Å². The van der Waals surface area contributed by atoms with Crippen LogP contribution in [0.4, 0.5) is 5.69 Å². The molecule has 0 bridgehead atoms. The van der Waals surface area contributed by atoms with E-state index in [2.05, 4.69) is 5.32 Å². The summed E-state index contributed by atoms with van der Waals surface area (Å²) < 4.78 is 27.8. The van der Waals surface area contributed by atoms with Crippen LogP contribution in [0.1, 0.15) is 24.6 Å². The van der Waals surface area contributed by atoms with Crippen LogP contribution in [0.15, 0.2) is 46.7 Å². The second kappa shape index (κ2) is 8.93. The molecular formula is C17H20N2O5S2. The SMILES string of the molecule is C[C@H](OC(=O)CCCc1cccs1)C(=O)Nc1cccc(S(N)(=O)=O)c1. The van der Waals surface area contributed by atoms with Gasteiger partial charge in [-0.3, -0.25) is 9.59 Å². The van der Waals surface area contributed by atoms with Crippen LogP contribution in [-0.4, -0.2) is 26.4 Å². The highest BCUT2D eigenvalue weighted by Crippen LogP contribution is 2.15. The Labute approximate surface area is 156 Å². The number of nitrogens with one attached hydrogen (secondary N) is 1. The number of sulfonamides is 1. The normalized spacial score (nSPS) is 12.4. The number of ether oxygens (including phenoxy) is 1. The summed E-state index contributed by atoms with van der Waals surface area (Å²) in [6.45, 7) is 1.45. The molecule has 0 aliphatic rings. The third kappa shape index (κ3) is 6.25. The lowest BCUT2D eigenvalue weighted by atomic mass is 10.2. The molecule has 7 nitrogen and oxygen atoms in total. The van der Waals surface area contributed by atoms with E-state index in [1.807, 2.05) is 17.5 Å². The maximum atomic E-state index is 12.1. The van der Waals surface area contributed by atoms with Gasteiger partial charge >= 0.3 is 5.97 Å². The number of anilines is 1. The number of aryl methyl sites for hydroxylation is 1. The van der Waals surface area contributed by atoms with Crippen molar-refractivity contribution in [1.82, 2.24) is 0 Å². The highest BCUT2D eigenvalue weighted by Gasteiger charge is 2.18. The molecule has 3 N–H and O–H groups in total. The molecule has 1 aromatic heterocycles. The predicted octanol–water partition coefficient (Wildman–Crippen LogP) is 2.29. The van der Waals surface area contributed by atoms with E-state index >= 15 is 0 Å². The van der Waals surface area contributed by atoms with Crippen molar-refractivity contribution in [3.05, 3.63) is 46.7 Å². The van der Waals surface area contributed by atoms with Crippen LogP contribution in [0.25, 0.3) is 0 Å². The molecule has 1 amide bonds. The first kappa shape index (κ1) is 20.1. The van der Waals surface area contributed by atoms with E-state index in [1.165, 1.54) is 36.1 Å². The highest BCUT2D eigenvalue weighted by molar-refractivity contribution is 7.89. The fourth-order valence-electron chi connectivity index (χ4n) is 2.17. The van der Waals surface area contributed by atoms with E-state index < -0.39 is 28.0 Å². The fourth-order valence-corrected chi connectivity index (χ4v) is 3.48. The van der Waals surface area contributed by atoms with Gasteiger partial charge in [-0.25, -0.2) is 13.6 Å². The predicted molar refractivity (Wildman–Crippen MR) is 99.3 cm³/mol. The van der Waals surface area contributed by atoms with Crippen LogP contribution >= 0.6 is 11.3 Å². The molecule has 2 rings (SSSR count). The number of rotatable bonds is 8. The van der Waals surface area contributed by atoms with Crippen molar-refractivity contribution in [2.45, 2.75) is 37.2 Å². The Morgan fingerprint density at radius 3 is 2.69 bits per heavy atom. The van der Waals surface area contributed by atoms with Crippen molar-refractivity contribution in [3.63, 3.8) is 0 Å². The minimum atomic E-state index is -3.87. The molecule has 0 aliphatic carbocycles. The summed E-state index contributed by atoms with van der Waals surface area (Å²) in [6, 6.07) is 9.49. The standard InChI is InChI=1S/C17H20N2O5S2/c1-12(24-16(20)9-3-6-14-7-4-10-25-14)17(21)19-13-5-2-8-15(11-13)26(18,22)23/h2,4-5,7-8,10-12H,3,6,9H2,1H3,(H,19,21)(H2,18,22,23)/t12-/m0/s1. The molecule has 0 saturated carbocycles. The number of primary sulfonamides is 1. The molecule has 0 radical (unpaired) electrons. The second-order valence-corrected chi connectivity index (χ2v) is 8.22. The highest BCUT2D eigenvalue weighted by atomic mass is 32.2. The van der Waals surface area contributed by atoms with Gasteiger partial charge in [-0.1, -0.05) is 12.1 Å². The lowest BCUT2D eigenvalue weighted by Crippen LogP contribution is -2.30. The van der Waals surface area contributed by atoms with Gasteiger partial charge in [-0.2, -0.15) is 0 Å². The Hall–Kier alpha value is -2.23. The van der Waals surface area contributed by atoms with Gasteiger partial charge in [0, 0.05) is 17.0 Å². The zero-order chi connectivity index (χ0) is 19.2. The minimum absolute atomic E-state index is 0.117. The summed E-state index contributed by atoms with van der Waals surface area (Å²) in [6.07, 6.45) is 0.649. The molecule has 0 unspecified atom stereocenters. The molecule has 2 aromatic rings. The van der Waals surface area contributed by atoms with Gasteiger partial charge in [-0.05, 0) is 49.4 Å².